The second-order valence-electron chi connectivity index (χ2n) is 6.82. The molecule has 3 N–H and O–H groups in total. The van der Waals surface area contributed by atoms with Crippen molar-refractivity contribution >= 4 is 34.3 Å². The Hall–Kier alpha value is -3.94. The van der Waals surface area contributed by atoms with Crippen LogP contribution in [0.25, 0.3) is 11.0 Å². The first-order chi connectivity index (χ1) is 14.4. The Morgan fingerprint density at radius 2 is 1.97 bits per heavy atom. The lowest BCUT2D eigenvalue weighted by Crippen LogP contribution is -2.26. The molecule has 0 aliphatic heterocycles. The molecule has 0 bridgehead atoms. The van der Waals surface area contributed by atoms with Crippen molar-refractivity contribution in [2.75, 3.05) is 24.3 Å². The van der Waals surface area contributed by atoms with E-state index in [1.165, 1.54) is 7.11 Å². The number of hydrogen-bond acceptors (Lipinski definition) is 5. The molecule has 0 saturated heterocycles. The Morgan fingerprint density at radius 3 is 2.70 bits per heavy atom. The van der Waals surface area contributed by atoms with Crippen LogP contribution in [0.3, 0.4) is 0 Å². The van der Waals surface area contributed by atoms with Crippen LogP contribution in [0.5, 0.6) is 5.75 Å². The summed E-state index contributed by atoms with van der Waals surface area (Å²) in [7, 11) is 1.48. The van der Waals surface area contributed by atoms with Crippen LogP contribution in [0.4, 0.5) is 16.2 Å². The summed E-state index contributed by atoms with van der Waals surface area (Å²) >= 11 is 0. The number of urea groups is 1. The van der Waals surface area contributed by atoms with Crippen LogP contribution >= 0.6 is 0 Å². The van der Waals surface area contributed by atoms with E-state index in [1.54, 1.807) is 36.5 Å². The van der Waals surface area contributed by atoms with Crippen molar-refractivity contribution in [3.8, 4) is 5.75 Å². The average Bonchev–Trinajstić information content (AvgIpc) is 2.71. The Balaban J connectivity index is 1.79. The van der Waals surface area contributed by atoms with Crippen molar-refractivity contribution in [1.82, 2.24) is 15.3 Å². The Morgan fingerprint density at radius 1 is 1.17 bits per heavy atom. The van der Waals surface area contributed by atoms with Gasteiger partial charge in [0, 0.05) is 24.1 Å². The van der Waals surface area contributed by atoms with E-state index in [-0.39, 0.29) is 5.91 Å². The first-order valence-corrected chi connectivity index (χ1v) is 9.28. The molecule has 30 heavy (non-hydrogen) atoms. The molecule has 8 heteroatoms. The SMILES string of the molecule is C=C(C)CNC(=O)c1cc(NC(=O)Nc2cc(C)nc3cccnc23)ccc1OC. The molecule has 0 fully saturated rings. The van der Waals surface area contributed by atoms with Crippen LogP contribution in [-0.2, 0) is 0 Å². The fourth-order valence-corrected chi connectivity index (χ4v) is 2.86. The molecule has 0 atom stereocenters. The lowest BCUT2D eigenvalue weighted by molar-refractivity contribution is 0.0954. The highest BCUT2D eigenvalue weighted by atomic mass is 16.5. The van der Waals surface area contributed by atoms with E-state index < -0.39 is 6.03 Å². The Labute approximate surface area is 174 Å². The monoisotopic (exact) mass is 405 g/mol. The second kappa shape index (κ2) is 9.04. The van der Waals surface area contributed by atoms with Crippen LogP contribution in [0.2, 0.25) is 0 Å². The lowest BCUT2D eigenvalue weighted by Gasteiger charge is -2.13. The number of benzene rings is 1. The zero-order valence-electron chi connectivity index (χ0n) is 17.1. The van der Waals surface area contributed by atoms with Gasteiger partial charge in [0.05, 0.1) is 23.9 Å². The highest BCUT2D eigenvalue weighted by Gasteiger charge is 2.15. The predicted octanol–water partition coefficient (Wildman–Crippen LogP) is 3.90. The van der Waals surface area contributed by atoms with Crippen LogP contribution in [-0.4, -0.2) is 35.6 Å². The topological polar surface area (TPSA) is 105 Å². The zero-order valence-corrected chi connectivity index (χ0v) is 17.1. The van der Waals surface area contributed by atoms with Crippen LogP contribution < -0.4 is 20.7 Å². The molecule has 3 aromatic rings. The number of fused-ring (bicyclic) bond motifs is 1. The minimum Gasteiger partial charge on any atom is -0.496 e. The minimum absolute atomic E-state index is 0.309. The van der Waals surface area contributed by atoms with Gasteiger partial charge in [-0.2, -0.15) is 0 Å². The van der Waals surface area contributed by atoms with Crippen molar-refractivity contribution in [2.24, 2.45) is 0 Å². The van der Waals surface area contributed by atoms with Crippen molar-refractivity contribution in [3.05, 3.63) is 66.0 Å². The first-order valence-electron chi connectivity index (χ1n) is 9.28. The maximum atomic E-state index is 12.6. The van der Waals surface area contributed by atoms with Crippen LogP contribution in [0.15, 0.2) is 54.7 Å². The molecule has 0 aliphatic rings. The van der Waals surface area contributed by atoms with Crippen LogP contribution in [0, 0.1) is 6.92 Å². The van der Waals surface area contributed by atoms with E-state index in [4.69, 9.17) is 4.74 Å². The third kappa shape index (κ3) is 4.91. The fourth-order valence-electron chi connectivity index (χ4n) is 2.86. The maximum Gasteiger partial charge on any atom is 0.323 e. The van der Waals surface area contributed by atoms with E-state index in [9.17, 15) is 9.59 Å². The fraction of sp³-hybridized carbons (Fsp3) is 0.182. The van der Waals surface area contributed by atoms with E-state index in [0.717, 1.165) is 11.3 Å². The summed E-state index contributed by atoms with van der Waals surface area (Å²) in [5.74, 6) is 0.0824. The van der Waals surface area contributed by atoms with E-state index in [2.05, 4.69) is 32.5 Å². The predicted molar refractivity (Wildman–Crippen MR) is 117 cm³/mol. The van der Waals surface area contributed by atoms with Gasteiger partial charge < -0.3 is 20.7 Å². The number of nitrogens with one attached hydrogen (secondary N) is 3. The molecule has 0 spiro atoms. The normalized spacial score (nSPS) is 10.4. The van der Waals surface area contributed by atoms with Crippen molar-refractivity contribution < 1.29 is 14.3 Å². The van der Waals surface area contributed by atoms with E-state index >= 15 is 0 Å². The minimum atomic E-state index is -0.467. The molecule has 3 rings (SSSR count). The second-order valence-corrected chi connectivity index (χ2v) is 6.82. The largest absolute Gasteiger partial charge is 0.496 e. The van der Waals surface area contributed by atoms with Gasteiger partial charge in [0.2, 0.25) is 0 Å². The summed E-state index contributed by atoms with van der Waals surface area (Å²) in [6.45, 7) is 7.78. The third-order valence-corrected chi connectivity index (χ3v) is 4.19. The molecule has 2 heterocycles. The number of anilines is 2. The number of nitrogens with zero attached hydrogens (tertiary/aromatic N) is 2. The Bertz CT molecular complexity index is 1130. The number of hydrogen-bond donors (Lipinski definition) is 3. The van der Waals surface area contributed by atoms with Crippen LogP contribution in [0.1, 0.15) is 23.0 Å². The van der Waals surface area contributed by atoms with Crippen molar-refractivity contribution in [2.45, 2.75) is 13.8 Å². The van der Waals surface area contributed by atoms with Gasteiger partial charge >= 0.3 is 6.03 Å². The van der Waals surface area contributed by atoms with Gasteiger partial charge in [0.1, 0.15) is 11.3 Å². The number of aryl methyl sites for hydroxylation is 1. The number of aromatic nitrogens is 2. The summed E-state index contributed by atoms with van der Waals surface area (Å²) in [5, 5.41) is 8.29. The smallest absolute Gasteiger partial charge is 0.323 e. The number of pyridine rings is 2. The van der Waals surface area contributed by atoms with Gasteiger partial charge in [-0.25, -0.2) is 4.79 Å². The number of rotatable bonds is 6. The number of ether oxygens (including phenoxy) is 1. The van der Waals surface area contributed by atoms with Gasteiger partial charge in [-0.15, -0.1) is 0 Å². The summed E-state index contributed by atoms with van der Waals surface area (Å²) < 4.78 is 5.26. The summed E-state index contributed by atoms with van der Waals surface area (Å²) in [4.78, 5) is 33.7. The molecule has 1 aromatic carbocycles. The first kappa shape index (κ1) is 20.8. The molecule has 8 nitrogen and oxygen atoms in total. The summed E-state index contributed by atoms with van der Waals surface area (Å²) in [6.07, 6.45) is 1.64. The quantitative estimate of drug-likeness (QED) is 0.540. The Kier molecular flexibility index (Phi) is 6.26. The molecule has 0 unspecified atom stereocenters. The summed E-state index contributed by atoms with van der Waals surface area (Å²) in [6, 6.07) is 9.74. The van der Waals surface area contributed by atoms with Gasteiger partial charge in [-0.1, -0.05) is 12.2 Å². The van der Waals surface area contributed by atoms with E-state index in [0.29, 0.717) is 40.3 Å². The van der Waals surface area contributed by atoms with E-state index in [1.807, 2.05) is 19.9 Å². The van der Waals surface area contributed by atoms with Crippen molar-refractivity contribution in [3.63, 3.8) is 0 Å². The lowest BCUT2D eigenvalue weighted by atomic mass is 10.1. The molecule has 0 aliphatic carbocycles. The molecule has 0 saturated carbocycles. The standard InChI is InChI=1S/C22H23N5O3/c1-13(2)12-24-21(28)16-11-15(7-8-19(16)30-4)26-22(29)27-18-10-14(3)25-17-6-5-9-23-20(17)18/h5-11H,1,12H2,2-4H3,(H,24,28)(H2,25,26,27,29). The number of carbonyl (C=O) groups is 2. The van der Waals surface area contributed by atoms with Crippen molar-refractivity contribution in [1.29, 1.82) is 0 Å². The molecule has 2 aromatic heterocycles. The molecular formula is C22H23N5O3. The average molecular weight is 405 g/mol. The molecule has 0 radical (unpaired) electrons. The number of amides is 3. The van der Waals surface area contributed by atoms with Gasteiger partial charge in [-0.05, 0) is 50.2 Å². The highest BCUT2D eigenvalue weighted by molar-refractivity contribution is 6.05. The zero-order chi connectivity index (χ0) is 21.7. The van der Waals surface area contributed by atoms with Gasteiger partial charge in [0.25, 0.3) is 5.91 Å². The third-order valence-electron chi connectivity index (χ3n) is 4.19. The maximum absolute atomic E-state index is 12.6. The molecular weight excluding hydrogens is 382 g/mol. The van der Waals surface area contributed by atoms with Gasteiger partial charge in [0.15, 0.2) is 0 Å². The van der Waals surface area contributed by atoms with Gasteiger partial charge in [-0.3, -0.25) is 14.8 Å². The number of carbonyl (C=O) groups excluding carboxylic acids is 2. The number of methoxy groups -OCH3 is 1. The summed E-state index contributed by atoms with van der Waals surface area (Å²) in [5.41, 5.74) is 4.15. The molecule has 3 amide bonds. The molecule has 154 valence electrons. The highest BCUT2D eigenvalue weighted by Crippen LogP contribution is 2.24.